The van der Waals surface area contributed by atoms with Gasteiger partial charge >= 0.3 is 0 Å². The van der Waals surface area contributed by atoms with Crippen LogP contribution in [0.4, 0.5) is 17.1 Å². The number of hydrogen-bond acceptors (Lipinski definition) is 6. The Labute approximate surface area is 198 Å². The third kappa shape index (κ3) is 8.11. The van der Waals surface area contributed by atoms with E-state index in [0.717, 1.165) is 30.0 Å². The number of benzene rings is 2. The first kappa shape index (κ1) is 24.6. The average molecular weight is 471 g/mol. The number of likely N-dealkylation sites (N-methyl/N-ethyl adjacent to an activating group) is 1. The van der Waals surface area contributed by atoms with Gasteiger partial charge in [-0.05, 0) is 48.9 Å². The lowest BCUT2D eigenvalue weighted by atomic mass is 10.2. The molecule has 3 rings (SSSR count). The van der Waals surface area contributed by atoms with Crippen LogP contribution in [0.5, 0.6) is 0 Å². The molecule has 3 amide bonds. The van der Waals surface area contributed by atoms with E-state index in [0.29, 0.717) is 18.9 Å². The van der Waals surface area contributed by atoms with Gasteiger partial charge in [-0.3, -0.25) is 14.4 Å². The van der Waals surface area contributed by atoms with Crippen LogP contribution in [0.3, 0.4) is 0 Å². The second-order valence-electron chi connectivity index (χ2n) is 7.85. The molecule has 0 aliphatic carbocycles. The highest BCUT2D eigenvalue weighted by Crippen LogP contribution is 2.19. The zero-order chi connectivity index (χ0) is 23.6. The van der Waals surface area contributed by atoms with Gasteiger partial charge in [0.15, 0.2) is 0 Å². The van der Waals surface area contributed by atoms with Gasteiger partial charge in [0, 0.05) is 37.2 Å². The van der Waals surface area contributed by atoms with Crippen molar-refractivity contribution in [1.29, 1.82) is 0 Å². The minimum absolute atomic E-state index is 0.0555. The van der Waals surface area contributed by atoms with Crippen molar-refractivity contribution in [2.24, 2.45) is 0 Å². The summed E-state index contributed by atoms with van der Waals surface area (Å²) < 4.78 is 5.37. The Hall–Kier alpha value is -3.04. The summed E-state index contributed by atoms with van der Waals surface area (Å²) in [7, 11) is 1.58. The van der Waals surface area contributed by atoms with Gasteiger partial charge in [-0.1, -0.05) is 12.1 Å². The predicted octanol–water partition coefficient (Wildman–Crippen LogP) is 2.60. The van der Waals surface area contributed by atoms with Crippen molar-refractivity contribution in [2.45, 2.75) is 6.92 Å². The third-order valence-electron chi connectivity index (χ3n) is 5.09. The number of carbonyl (C=O) groups is 3. The first-order chi connectivity index (χ1) is 15.9. The SMILES string of the molecule is Cc1cccc(NC(=O)CSCC(=O)N(C)CC(=O)Nc2ccc(N3CCOCC3)cc2)c1. The normalized spacial score (nSPS) is 13.3. The number of nitrogens with zero attached hydrogens (tertiary/aromatic N) is 2. The fraction of sp³-hybridized carbons (Fsp3) is 0.375. The van der Waals surface area contributed by atoms with E-state index in [1.165, 1.54) is 16.7 Å². The first-order valence-electron chi connectivity index (χ1n) is 10.8. The minimum atomic E-state index is -0.271. The van der Waals surface area contributed by atoms with Gasteiger partial charge in [-0.2, -0.15) is 0 Å². The number of rotatable bonds is 9. The highest BCUT2D eigenvalue weighted by molar-refractivity contribution is 8.00. The molecule has 176 valence electrons. The molecule has 0 radical (unpaired) electrons. The second kappa shape index (κ2) is 12.3. The molecule has 0 aromatic heterocycles. The van der Waals surface area contributed by atoms with E-state index < -0.39 is 0 Å². The Bertz CT molecular complexity index is 961. The summed E-state index contributed by atoms with van der Waals surface area (Å²) in [5, 5.41) is 5.63. The molecule has 1 aliphatic rings. The van der Waals surface area contributed by atoms with Crippen molar-refractivity contribution in [3.8, 4) is 0 Å². The topological polar surface area (TPSA) is 91.0 Å². The fourth-order valence-electron chi connectivity index (χ4n) is 3.34. The zero-order valence-corrected chi connectivity index (χ0v) is 19.8. The maximum absolute atomic E-state index is 12.3. The van der Waals surface area contributed by atoms with Gasteiger partial charge in [0.2, 0.25) is 17.7 Å². The number of amides is 3. The highest BCUT2D eigenvalue weighted by Gasteiger charge is 2.15. The van der Waals surface area contributed by atoms with Crippen molar-refractivity contribution in [3.63, 3.8) is 0 Å². The van der Waals surface area contributed by atoms with E-state index >= 15 is 0 Å². The smallest absolute Gasteiger partial charge is 0.243 e. The summed E-state index contributed by atoms with van der Waals surface area (Å²) in [4.78, 5) is 40.3. The largest absolute Gasteiger partial charge is 0.378 e. The first-order valence-corrected chi connectivity index (χ1v) is 12.0. The molecule has 2 aromatic carbocycles. The van der Waals surface area contributed by atoms with Crippen LogP contribution in [0.25, 0.3) is 0 Å². The van der Waals surface area contributed by atoms with Crippen LogP contribution in [-0.2, 0) is 19.1 Å². The number of hydrogen-bond donors (Lipinski definition) is 2. The summed E-state index contributed by atoms with van der Waals surface area (Å²) >= 11 is 1.22. The molecule has 1 aliphatic heterocycles. The molecule has 9 heteroatoms. The predicted molar refractivity (Wildman–Crippen MR) is 133 cm³/mol. The molecular weight excluding hydrogens is 440 g/mol. The summed E-state index contributed by atoms with van der Waals surface area (Å²) in [6.07, 6.45) is 0. The number of anilines is 3. The Morgan fingerprint density at radius 3 is 2.36 bits per heavy atom. The molecular formula is C24H30N4O4S. The molecule has 0 spiro atoms. The number of thioether (sulfide) groups is 1. The molecule has 0 saturated carbocycles. The maximum Gasteiger partial charge on any atom is 0.243 e. The van der Waals surface area contributed by atoms with E-state index in [1.54, 1.807) is 7.05 Å². The lowest BCUT2D eigenvalue weighted by molar-refractivity contribution is -0.131. The number of aryl methyl sites for hydroxylation is 1. The maximum atomic E-state index is 12.3. The van der Waals surface area contributed by atoms with Gasteiger partial charge in [0.25, 0.3) is 0 Å². The van der Waals surface area contributed by atoms with Gasteiger partial charge in [-0.25, -0.2) is 0 Å². The molecule has 0 unspecified atom stereocenters. The van der Waals surface area contributed by atoms with E-state index in [2.05, 4.69) is 15.5 Å². The number of carbonyl (C=O) groups excluding carboxylic acids is 3. The number of ether oxygens (including phenoxy) is 1. The van der Waals surface area contributed by atoms with Gasteiger partial charge in [0.05, 0.1) is 31.3 Å². The van der Waals surface area contributed by atoms with Crippen molar-refractivity contribution in [3.05, 3.63) is 54.1 Å². The van der Waals surface area contributed by atoms with Crippen LogP contribution in [-0.4, -0.2) is 74.0 Å². The Morgan fingerprint density at radius 1 is 0.970 bits per heavy atom. The van der Waals surface area contributed by atoms with E-state index in [-0.39, 0.29) is 35.8 Å². The summed E-state index contributed by atoms with van der Waals surface area (Å²) in [5.74, 6) is -0.360. The molecule has 0 bridgehead atoms. The monoisotopic (exact) mass is 470 g/mol. The number of nitrogens with one attached hydrogen (secondary N) is 2. The van der Waals surface area contributed by atoms with Crippen LogP contribution >= 0.6 is 11.8 Å². The summed E-state index contributed by atoms with van der Waals surface area (Å²) in [6.45, 7) is 5.03. The molecule has 0 atom stereocenters. The molecule has 1 heterocycles. The van der Waals surface area contributed by atoms with Crippen LogP contribution in [0.1, 0.15) is 5.56 Å². The van der Waals surface area contributed by atoms with Crippen molar-refractivity contribution in [2.75, 3.05) is 66.9 Å². The average Bonchev–Trinajstić information content (AvgIpc) is 2.80. The molecule has 1 fully saturated rings. The van der Waals surface area contributed by atoms with Crippen LogP contribution < -0.4 is 15.5 Å². The van der Waals surface area contributed by atoms with Crippen molar-refractivity contribution >= 4 is 46.5 Å². The van der Waals surface area contributed by atoms with Crippen LogP contribution in [0.15, 0.2) is 48.5 Å². The number of morpholine rings is 1. The Morgan fingerprint density at radius 2 is 1.67 bits per heavy atom. The van der Waals surface area contributed by atoms with E-state index in [9.17, 15) is 14.4 Å². The second-order valence-corrected chi connectivity index (χ2v) is 8.84. The molecule has 1 saturated heterocycles. The zero-order valence-electron chi connectivity index (χ0n) is 19.0. The van der Waals surface area contributed by atoms with Crippen molar-refractivity contribution in [1.82, 2.24) is 4.90 Å². The Kier molecular flexibility index (Phi) is 9.14. The standard InChI is InChI=1S/C24H30N4O4S/c1-18-4-3-5-20(14-18)26-23(30)16-33-17-24(31)27(2)15-22(29)25-19-6-8-21(9-7-19)28-10-12-32-13-11-28/h3-9,14H,10-13,15-17H2,1-2H3,(H,25,29)(H,26,30). The van der Waals surface area contributed by atoms with E-state index in [4.69, 9.17) is 4.74 Å². The molecule has 33 heavy (non-hydrogen) atoms. The van der Waals surface area contributed by atoms with Crippen LogP contribution in [0, 0.1) is 6.92 Å². The van der Waals surface area contributed by atoms with Gasteiger partial charge in [-0.15, -0.1) is 11.8 Å². The highest BCUT2D eigenvalue weighted by atomic mass is 32.2. The van der Waals surface area contributed by atoms with Crippen LogP contribution in [0.2, 0.25) is 0 Å². The summed E-state index contributed by atoms with van der Waals surface area (Å²) in [6, 6.07) is 15.2. The van der Waals surface area contributed by atoms with Gasteiger partial charge in [0.1, 0.15) is 0 Å². The Balaban J connectivity index is 1.36. The quantitative estimate of drug-likeness (QED) is 0.586. The van der Waals surface area contributed by atoms with Crippen molar-refractivity contribution < 1.29 is 19.1 Å². The molecule has 2 N–H and O–H groups in total. The molecule has 2 aromatic rings. The third-order valence-corrected chi connectivity index (χ3v) is 6.01. The van der Waals surface area contributed by atoms with Gasteiger partial charge < -0.3 is 25.2 Å². The molecule has 8 nitrogen and oxygen atoms in total. The minimum Gasteiger partial charge on any atom is -0.378 e. The van der Waals surface area contributed by atoms with E-state index in [1.807, 2.05) is 55.5 Å². The lowest BCUT2D eigenvalue weighted by Crippen LogP contribution is -2.36. The summed E-state index contributed by atoms with van der Waals surface area (Å²) in [5.41, 5.74) is 3.56. The fourth-order valence-corrected chi connectivity index (χ4v) is 4.10. The lowest BCUT2D eigenvalue weighted by Gasteiger charge is -2.28.